The smallest absolute Gasteiger partial charge is 0.0991 e. The topological polar surface area (TPSA) is 73.6 Å². The van der Waals surface area contributed by atoms with Crippen LogP contribution in [0.3, 0.4) is 0 Å². The Labute approximate surface area is 77.0 Å². The van der Waals surface area contributed by atoms with Crippen molar-refractivity contribution >= 4 is 5.69 Å². The third-order valence-corrected chi connectivity index (χ3v) is 1.88. The molecule has 0 heterocycles. The molecule has 1 rings (SSSR count). The fraction of sp³-hybridized carbons (Fsp3) is 0.200. The molecule has 0 saturated heterocycles. The minimum absolute atomic E-state index is 0.270. The number of hydrogen-bond donors (Lipinski definition) is 1. The van der Waals surface area contributed by atoms with E-state index >= 15 is 0 Å². The van der Waals surface area contributed by atoms with Crippen molar-refractivity contribution in [3.05, 3.63) is 29.3 Å². The molecule has 0 fully saturated rings. The molecule has 1 aromatic rings. The van der Waals surface area contributed by atoms with Crippen molar-refractivity contribution in [3.63, 3.8) is 0 Å². The Kier molecular flexibility index (Phi) is 2.52. The Bertz CT molecular complexity index is 396. The maximum Gasteiger partial charge on any atom is 0.0991 e. The van der Waals surface area contributed by atoms with E-state index in [1.54, 1.807) is 25.1 Å². The Morgan fingerprint density at radius 3 is 2.62 bits per heavy atom. The Morgan fingerprint density at radius 2 is 2.08 bits per heavy atom. The van der Waals surface area contributed by atoms with Gasteiger partial charge in [0.1, 0.15) is 0 Å². The highest BCUT2D eigenvalue weighted by Crippen LogP contribution is 2.22. The highest BCUT2D eigenvalue weighted by Gasteiger charge is 2.08. The summed E-state index contributed by atoms with van der Waals surface area (Å²) < 4.78 is 0. The van der Waals surface area contributed by atoms with E-state index in [2.05, 4.69) is 6.07 Å². The van der Waals surface area contributed by atoms with Crippen molar-refractivity contribution in [1.29, 1.82) is 10.5 Å². The summed E-state index contributed by atoms with van der Waals surface area (Å²) in [4.78, 5) is 0. The molecule has 0 spiro atoms. The van der Waals surface area contributed by atoms with Crippen molar-refractivity contribution in [2.24, 2.45) is 0 Å². The van der Waals surface area contributed by atoms with Crippen LogP contribution in [0, 0.1) is 22.7 Å². The number of anilines is 1. The molecule has 0 radical (unpaired) electrons. The van der Waals surface area contributed by atoms with Gasteiger partial charge < -0.3 is 5.73 Å². The molecule has 13 heavy (non-hydrogen) atoms. The Hall–Kier alpha value is -2.00. The van der Waals surface area contributed by atoms with Gasteiger partial charge in [-0.05, 0) is 30.7 Å². The number of nitriles is 2. The third-order valence-electron chi connectivity index (χ3n) is 1.88. The average Bonchev–Trinajstić information content (AvgIpc) is 2.17. The number of nitrogen functional groups attached to an aromatic ring is 1. The normalized spacial score (nSPS) is 11.3. The lowest BCUT2D eigenvalue weighted by Gasteiger charge is -2.06. The second-order valence-corrected chi connectivity index (χ2v) is 2.81. The number of rotatable bonds is 1. The first kappa shape index (κ1) is 9.09. The van der Waals surface area contributed by atoms with Gasteiger partial charge in [-0.25, -0.2) is 0 Å². The van der Waals surface area contributed by atoms with E-state index in [0.29, 0.717) is 11.3 Å². The van der Waals surface area contributed by atoms with Crippen LogP contribution in [0.5, 0.6) is 0 Å². The van der Waals surface area contributed by atoms with E-state index in [9.17, 15) is 0 Å². The van der Waals surface area contributed by atoms with Crippen molar-refractivity contribution in [3.8, 4) is 12.1 Å². The van der Waals surface area contributed by atoms with Gasteiger partial charge in [0.2, 0.25) is 0 Å². The van der Waals surface area contributed by atoms with Gasteiger partial charge in [-0.1, -0.05) is 0 Å². The molecule has 0 aliphatic rings. The van der Waals surface area contributed by atoms with Crippen molar-refractivity contribution in [2.45, 2.75) is 12.8 Å². The number of nitrogens with two attached hydrogens (primary N) is 1. The molecule has 0 saturated carbocycles. The van der Waals surface area contributed by atoms with E-state index < -0.39 is 0 Å². The van der Waals surface area contributed by atoms with Crippen molar-refractivity contribution in [1.82, 2.24) is 0 Å². The molecule has 0 aliphatic heterocycles. The van der Waals surface area contributed by atoms with Crippen LogP contribution in [-0.2, 0) is 0 Å². The molecular weight excluding hydrogens is 162 g/mol. The van der Waals surface area contributed by atoms with E-state index in [0.717, 1.165) is 5.56 Å². The zero-order valence-corrected chi connectivity index (χ0v) is 7.28. The highest BCUT2D eigenvalue weighted by molar-refractivity contribution is 5.53. The molecule has 1 atom stereocenters. The quantitative estimate of drug-likeness (QED) is 0.654. The largest absolute Gasteiger partial charge is 0.398 e. The minimum Gasteiger partial charge on any atom is -0.398 e. The third kappa shape index (κ3) is 1.77. The van der Waals surface area contributed by atoms with E-state index in [4.69, 9.17) is 16.3 Å². The van der Waals surface area contributed by atoms with Gasteiger partial charge in [0.25, 0.3) is 0 Å². The molecule has 0 bridgehead atoms. The lowest BCUT2D eigenvalue weighted by Crippen LogP contribution is -1.97. The first-order chi connectivity index (χ1) is 6.19. The summed E-state index contributed by atoms with van der Waals surface area (Å²) in [5.41, 5.74) is 7.48. The van der Waals surface area contributed by atoms with Crippen LogP contribution >= 0.6 is 0 Å². The summed E-state index contributed by atoms with van der Waals surface area (Å²) in [5, 5.41) is 17.3. The zero-order chi connectivity index (χ0) is 9.84. The zero-order valence-electron chi connectivity index (χ0n) is 7.28. The van der Waals surface area contributed by atoms with Crippen LogP contribution < -0.4 is 5.73 Å². The van der Waals surface area contributed by atoms with Gasteiger partial charge >= 0.3 is 0 Å². The summed E-state index contributed by atoms with van der Waals surface area (Å²) in [6.45, 7) is 1.76. The van der Waals surface area contributed by atoms with E-state index in [1.807, 2.05) is 6.07 Å². The van der Waals surface area contributed by atoms with E-state index in [-0.39, 0.29) is 5.92 Å². The average molecular weight is 171 g/mol. The lowest BCUT2D eigenvalue weighted by molar-refractivity contribution is 0.984. The summed E-state index contributed by atoms with van der Waals surface area (Å²) >= 11 is 0. The maximum atomic E-state index is 8.69. The summed E-state index contributed by atoms with van der Waals surface area (Å²) in [7, 11) is 0. The molecule has 2 N–H and O–H groups in total. The van der Waals surface area contributed by atoms with Gasteiger partial charge in [0.15, 0.2) is 0 Å². The van der Waals surface area contributed by atoms with Crippen molar-refractivity contribution < 1.29 is 0 Å². The Morgan fingerprint density at radius 1 is 1.38 bits per heavy atom. The monoisotopic (exact) mass is 171 g/mol. The molecule has 0 amide bonds. The van der Waals surface area contributed by atoms with Crippen LogP contribution in [0.15, 0.2) is 18.2 Å². The summed E-state index contributed by atoms with van der Waals surface area (Å²) in [6.07, 6.45) is 0. The fourth-order valence-electron chi connectivity index (χ4n) is 1.09. The molecule has 0 aromatic heterocycles. The lowest BCUT2D eigenvalue weighted by atomic mass is 9.99. The second kappa shape index (κ2) is 3.60. The number of nitrogens with zero attached hydrogens (tertiary/aromatic N) is 2. The Balaban J connectivity index is 3.22. The van der Waals surface area contributed by atoms with E-state index in [1.165, 1.54) is 0 Å². The summed E-state index contributed by atoms with van der Waals surface area (Å²) in [5.74, 6) is -0.270. The van der Waals surface area contributed by atoms with Gasteiger partial charge in [-0.2, -0.15) is 10.5 Å². The van der Waals surface area contributed by atoms with Gasteiger partial charge in [-0.3, -0.25) is 0 Å². The number of benzene rings is 1. The second-order valence-electron chi connectivity index (χ2n) is 2.81. The number of hydrogen-bond acceptors (Lipinski definition) is 3. The van der Waals surface area contributed by atoms with Crippen LogP contribution in [0.1, 0.15) is 24.0 Å². The predicted molar refractivity (Wildman–Crippen MR) is 49.6 cm³/mol. The first-order valence-electron chi connectivity index (χ1n) is 3.88. The van der Waals surface area contributed by atoms with Gasteiger partial charge in [-0.15, -0.1) is 0 Å². The molecule has 1 aromatic carbocycles. The minimum atomic E-state index is -0.270. The van der Waals surface area contributed by atoms with Crippen molar-refractivity contribution in [2.75, 3.05) is 5.73 Å². The van der Waals surface area contributed by atoms with Crippen LogP contribution in [0.2, 0.25) is 0 Å². The summed E-state index contributed by atoms with van der Waals surface area (Å²) in [6, 6.07) is 9.04. The van der Waals surface area contributed by atoms with Crippen LogP contribution in [0.25, 0.3) is 0 Å². The standard InChI is InChI=1S/C10H9N3/c1-7(5-11)9-4-8(6-12)2-3-10(9)13/h2-4,7H,13H2,1H3. The van der Waals surface area contributed by atoms with Crippen LogP contribution in [0.4, 0.5) is 5.69 Å². The molecule has 3 nitrogen and oxygen atoms in total. The molecule has 3 heteroatoms. The SMILES string of the molecule is CC(C#N)c1cc(C#N)ccc1N. The highest BCUT2D eigenvalue weighted by atomic mass is 14.6. The maximum absolute atomic E-state index is 8.69. The van der Waals surface area contributed by atoms with Gasteiger partial charge in [0, 0.05) is 5.69 Å². The molecule has 64 valence electrons. The van der Waals surface area contributed by atoms with Gasteiger partial charge in [0.05, 0.1) is 23.6 Å². The fourth-order valence-corrected chi connectivity index (χ4v) is 1.09. The van der Waals surface area contributed by atoms with Crippen LogP contribution in [-0.4, -0.2) is 0 Å². The first-order valence-corrected chi connectivity index (χ1v) is 3.88. The predicted octanol–water partition coefficient (Wildman–Crippen LogP) is 1.77. The molecule has 1 unspecified atom stereocenters. The molecular formula is C10H9N3. The molecule has 0 aliphatic carbocycles.